The summed E-state index contributed by atoms with van der Waals surface area (Å²) in [7, 11) is 0. The average Bonchev–Trinajstić information content (AvgIpc) is 2.84. The van der Waals surface area contributed by atoms with Gasteiger partial charge in [-0.2, -0.15) is 0 Å². The van der Waals surface area contributed by atoms with Gasteiger partial charge in [0.25, 0.3) is 0 Å². The zero-order chi connectivity index (χ0) is 13.5. The molecule has 2 aromatic rings. The van der Waals surface area contributed by atoms with Crippen molar-refractivity contribution in [2.24, 2.45) is 0 Å². The Kier molecular flexibility index (Phi) is 5.89. The molecule has 1 aromatic carbocycles. The molecular weight excluding hydrogens is 322 g/mol. The fraction of sp³-hybridized carbons (Fsp3) is 0.333. The largest absolute Gasteiger partial charge is 0.488 e. The Labute approximate surface area is 126 Å². The molecule has 1 heterocycles. The van der Waals surface area contributed by atoms with Crippen molar-refractivity contribution in [2.45, 2.75) is 26.5 Å². The zero-order valence-corrected chi connectivity index (χ0v) is 13.4. The van der Waals surface area contributed by atoms with Crippen LogP contribution in [0.25, 0.3) is 0 Å². The lowest BCUT2D eigenvalue weighted by Gasteiger charge is -2.07. The van der Waals surface area contributed by atoms with Crippen LogP contribution in [0.2, 0.25) is 0 Å². The van der Waals surface area contributed by atoms with E-state index in [4.69, 9.17) is 4.74 Å². The van der Waals surface area contributed by atoms with Gasteiger partial charge in [-0.15, -0.1) is 11.3 Å². The Morgan fingerprint density at radius 3 is 2.58 bits per heavy atom. The second kappa shape index (κ2) is 7.68. The summed E-state index contributed by atoms with van der Waals surface area (Å²) in [6.45, 7) is 4.79. The van der Waals surface area contributed by atoms with Gasteiger partial charge in [0.15, 0.2) is 0 Å². The van der Waals surface area contributed by atoms with E-state index in [9.17, 15) is 0 Å². The Bertz CT molecular complexity index is 495. The maximum Gasteiger partial charge on any atom is 0.122 e. The minimum Gasteiger partial charge on any atom is -0.488 e. The van der Waals surface area contributed by atoms with E-state index >= 15 is 0 Å². The third-order valence-corrected chi connectivity index (χ3v) is 4.29. The average molecular weight is 340 g/mol. The van der Waals surface area contributed by atoms with Crippen LogP contribution in [0.4, 0.5) is 0 Å². The summed E-state index contributed by atoms with van der Waals surface area (Å²) in [5.74, 6) is 0.920. The van der Waals surface area contributed by atoms with Crippen LogP contribution in [0.15, 0.2) is 40.2 Å². The van der Waals surface area contributed by atoms with Crippen LogP contribution in [0.3, 0.4) is 0 Å². The number of hydrogen-bond acceptors (Lipinski definition) is 3. The highest BCUT2D eigenvalue weighted by Crippen LogP contribution is 2.23. The predicted octanol–water partition coefficient (Wildman–Crippen LogP) is 4.59. The Morgan fingerprint density at radius 1 is 1.16 bits per heavy atom. The van der Waals surface area contributed by atoms with Crippen LogP contribution >= 0.6 is 27.3 Å². The van der Waals surface area contributed by atoms with Crippen molar-refractivity contribution >= 4 is 27.3 Å². The SMILES string of the molecule is CCCNCc1ccc(OCc2ccc(Br)s2)cc1. The fourth-order valence-corrected chi connectivity index (χ4v) is 3.09. The second-order valence-corrected chi connectivity index (χ2v) is 6.86. The first kappa shape index (κ1) is 14.6. The molecule has 2 rings (SSSR count). The van der Waals surface area contributed by atoms with Gasteiger partial charge in [0, 0.05) is 11.4 Å². The maximum absolute atomic E-state index is 5.76. The topological polar surface area (TPSA) is 21.3 Å². The van der Waals surface area contributed by atoms with Gasteiger partial charge >= 0.3 is 0 Å². The van der Waals surface area contributed by atoms with Crippen molar-refractivity contribution in [1.82, 2.24) is 5.32 Å². The predicted molar refractivity (Wildman–Crippen MR) is 84.8 cm³/mol. The van der Waals surface area contributed by atoms with Gasteiger partial charge in [0.05, 0.1) is 3.79 Å². The molecule has 0 atom stereocenters. The molecule has 2 nitrogen and oxygen atoms in total. The lowest BCUT2D eigenvalue weighted by Crippen LogP contribution is -2.13. The third-order valence-electron chi connectivity index (χ3n) is 2.69. The summed E-state index contributed by atoms with van der Waals surface area (Å²) >= 11 is 5.16. The van der Waals surface area contributed by atoms with Crippen molar-refractivity contribution in [1.29, 1.82) is 0 Å². The summed E-state index contributed by atoms with van der Waals surface area (Å²) in [6, 6.07) is 12.4. The molecule has 4 heteroatoms. The molecular formula is C15H18BrNOS. The number of benzene rings is 1. The normalized spacial score (nSPS) is 10.6. The molecule has 102 valence electrons. The molecule has 0 amide bonds. The molecule has 0 fully saturated rings. The molecule has 0 aliphatic rings. The Hall–Kier alpha value is -0.840. The number of rotatable bonds is 7. The van der Waals surface area contributed by atoms with E-state index in [-0.39, 0.29) is 0 Å². The number of halogens is 1. The minimum absolute atomic E-state index is 0.629. The first-order valence-corrected chi connectivity index (χ1v) is 8.05. The molecule has 1 N–H and O–H groups in total. The van der Waals surface area contributed by atoms with Crippen LogP contribution in [0.1, 0.15) is 23.8 Å². The maximum atomic E-state index is 5.76. The van der Waals surface area contributed by atoms with Crippen molar-refractivity contribution in [3.8, 4) is 5.75 Å². The van der Waals surface area contributed by atoms with Crippen LogP contribution in [-0.2, 0) is 13.2 Å². The van der Waals surface area contributed by atoms with E-state index in [2.05, 4.69) is 46.4 Å². The lowest BCUT2D eigenvalue weighted by molar-refractivity contribution is 0.309. The van der Waals surface area contributed by atoms with Crippen molar-refractivity contribution in [3.05, 3.63) is 50.6 Å². The van der Waals surface area contributed by atoms with Gasteiger partial charge in [-0.3, -0.25) is 0 Å². The van der Waals surface area contributed by atoms with E-state index in [0.29, 0.717) is 6.61 Å². The number of hydrogen-bond donors (Lipinski definition) is 1. The highest BCUT2D eigenvalue weighted by Gasteiger charge is 2.00. The first-order valence-electron chi connectivity index (χ1n) is 6.44. The Morgan fingerprint density at radius 2 is 1.95 bits per heavy atom. The van der Waals surface area contributed by atoms with Crippen molar-refractivity contribution in [3.63, 3.8) is 0 Å². The molecule has 0 spiro atoms. The summed E-state index contributed by atoms with van der Waals surface area (Å²) in [6.07, 6.45) is 1.16. The molecule has 1 aromatic heterocycles. The molecule has 0 bridgehead atoms. The molecule has 0 saturated carbocycles. The van der Waals surface area contributed by atoms with Gasteiger partial charge in [-0.25, -0.2) is 0 Å². The summed E-state index contributed by atoms with van der Waals surface area (Å²) in [4.78, 5) is 1.22. The molecule has 0 unspecified atom stereocenters. The van der Waals surface area contributed by atoms with E-state index < -0.39 is 0 Å². The fourth-order valence-electron chi connectivity index (χ4n) is 1.70. The van der Waals surface area contributed by atoms with E-state index in [1.165, 1.54) is 10.4 Å². The zero-order valence-electron chi connectivity index (χ0n) is 11.0. The number of nitrogens with one attached hydrogen (secondary N) is 1. The molecule has 0 aliphatic carbocycles. The number of ether oxygens (including phenoxy) is 1. The molecule has 0 radical (unpaired) electrons. The van der Waals surface area contributed by atoms with E-state index in [1.807, 2.05) is 18.2 Å². The first-order chi connectivity index (χ1) is 9.28. The molecule has 0 saturated heterocycles. The minimum atomic E-state index is 0.629. The second-order valence-electron chi connectivity index (χ2n) is 4.32. The Balaban J connectivity index is 1.81. The van der Waals surface area contributed by atoms with E-state index in [1.54, 1.807) is 11.3 Å². The van der Waals surface area contributed by atoms with Gasteiger partial charge in [0.2, 0.25) is 0 Å². The molecule has 19 heavy (non-hydrogen) atoms. The summed E-state index contributed by atoms with van der Waals surface area (Å²) < 4.78 is 6.90. The van der Waals surface area contributed by atoms with Gasteiger partial charge in [-0.05, 0) is 58.7 Å². The smallest absolute Gasteiger partial charge is 0.122 e. The van der Waals surface area contributed by atoms with Gasteiger partial charge in [0.1, 0.15) is 12.4 Å². The van der Waals surface area contributed by atoms with Crippen LogP contribution in [-0.4, -0.2) is 6.54 Å². The summed E-state index contributed by atoms with van der Waals surface area (Å²) in [5.41, 5.74) is 1.29. The van der Waals surface area contributed by atoms with Crippen molar-refractivity contribution in [2.75, 3.05) is 6.54 Å². The van der Waals surface area contributed by atoms with Crippen molar-refractivity contribution < 1.29 is 4.74 Å². The highest BCUT2D eigenvalue weighted by molar-refractivity contribution is 9.11. The monoisotopic (exact) mass is 339 g/mol. The highest BCUT2D eigenvalue weighted by atomic mass is 79.9. The lowest BCUT2D eigenvalue weighted by atomic mass is 10.2. The summed E-state index contributed by atoms with van der Waals surface area (Å²) in [5, 5.41) is 3.39. The molecule has 0 aliphatic heterocycles. The quantitative estimate of drug-likeness (QED) is 0.745. The van der Waals surface area contributed by atoms with Crippen LogP contribution in [0, 0.1) is 0 Å². The van der Waals surface area contributed by atoms with Gasteiger partial charge in [-0.1, -0.05) is 19.1 Å². The van der Waals surface area contributed by atoms with Crippen LogP contribution < -0.4 is 10.1 Å². The standard InChI is InChI=1S/C15H18BrNOS/c1-2-9-17-10-12-3-5-13(6-4-12)18-11-14-7-8-15(16)19-14/h3-8,17H,2,9-11H2,1H3. The van der Waals surface area contributed by atoms with Gasteiger partial charge < -0.3 is 10.1 Å². The number of thiophene rings is 1. The van der Waals surface area contributed by atoms with Crippen LogP contribution in [0.5, 0.6) is 5.75 Å². The third kappa shape index (κ3) is 4.97. The van der Waals surface area contributed by atoms with E-state index in [0.717, 1.165) is 29.0 Å².